The molecule has 1 atom stereocenters. The molecule has 1 unspecified atom stereocenters. The highest BCUT2D eigenvalue weighted by Gasteiger charge is 2.47. The summed E-state index contributed by atoms with van der Waals surface area (Å²) in [5, 5.41) is 9.51. The van der Waals surface area contributed by atoms with Gasteiger partial charge in [-0.1, -0.05) is 20.8 Å². The van der Waals surface area contributed by atoms with E-state index in [0.29, 0.717) is 11.5 Å². The van der Waals surface area contributed by atoms with Crippen LogP contribution in [0.2, 0.25) is 0 Å². The van der Waals surface area contributed by atoms with E-state index in [1.807, 2.05) is 6.92 Å². The fourth-order valence-electron chi connectivity index (χ4n) is 4.05. The summed E-state index contributed by atoms with van der Waals surface area (Å²) in [4.78, 5) is 13.8. The summed E-state index contributed by atoms with van der Waals surface area (Å²) in [6, 6.07) is 0.488. The van der Waals surface area contributed by atoms with Crippen LogP contribution in [0.3, 0.4) is 0 Å². The molecular formula is C16H29NO2. The van der Waals surface area contributed by atoms with Crippen molar-refractivity contribution in [2.24, 2.45) is 11.3 Å². The van der Waals surface area contributed by atoms with E-state index < -0.39 is 11.5 Å². The first-order chi connectivity index (χ1) is 8.75. The Bertz CT molecular complexity index is 339. The second-order valence-corrected chi connectivity index (χ2v) is 7.75. The summed E-state index contributed by atoms with van der Waals surface area (Å²) in [5.74, 6) is 0.158. The van der Waals surface area contributed by atoms with E-state index in [1.54, 1.807) is 0 Å². The maximum Gasteiger partial charge on any atom is 0.323 e. The molecule has 3 nitrogen and oxygen atoms in total. The summed E-state index contributed by atoms with van der Waals surface area (Å²) >= 11 is 0. The van der Waals surface area contributed by atoms with Crippen LogP contribution in [0.15, 0.2) is 0 Å². The average molecular weight is 267 g/mol. The Hall–Kier alpha value is -0.570. The number of carboxylic acids is 1. The van der Waals surface area contributed by atoms with Gasteiger partial charge in [0.15, 0.2) is 0 Å². The lowest BCUT2D eigenvalue weighted by Crippen LogP contribution is -2.53. The molecular weight excluding hydrogens is 238 g/mol. The zero-order chi connectivity index (χ0) is 14.3. The molecule has 2 aliphatic rings. The first-order valence-electron chi connectivity index (χ1n) is 7.75. The quantitative estimate of drug-likeness (QED) is 0.832. The zero-order valence-electron chi connectivity index (χ0n) is 12.9. The second kappa shape index (κ2) is 5.08. The third-order valence-corrected chi connectivity index (χ3v) is 5.52. The molecule has 0 aromatic heterocycles. The molecule has 0 amide bonds. The Labute approximate surface area is 117 Å². The molecule has 1 saturated carbocycles. The minimum absolute atomic E-state index is 0.395. The zero-order valence-corrected chi connectivity index (χ0v) is 12.9. The smallest absolute Gasteiger partial charge is 0.323 e. The van der Waals surface area contributed by atoms with Gasteiger partial charge in [-0.15, -0.1) is 0 Å². The molecule has 1 heterocycles. The molecule has 0 aromatic rings. The SMILES string of the molecule is CC(C)(C)C1CCC(N2CCCC2(C)C(=O)O)CC1. The first kappa shape index (κ1) is 14.8. The van der Waals surface area contributed by atoms with Gasteiger partial charge in [-0.05, 0) is 63.3 Å². The van der Waals surface area contributed by atoms with Crippen LogP contribution in [0, 0.1) is 11.3 Å². The Balaban J connectivity index is 2.00. The first-order valence-corrected chi connectivity index (χ1v) is 7.75. The maximum absolute atomic E-state index is 11.6. The lowest BCUT2D eigenvalue weighted by atomic mass is 9.71. The number of carboxylic acid groups (broad SMARTS) is 1. The molecule has 1 aliphatic heterocycles. The molecule has 1 N–H and O–H groups in total. The Morgan fingerprint density at radius 3 is 2.26 bits per heavy atom. The van der Waals surface area contributed by atoms with Gasteiger partial charge in [-0.2, -0.15) is 0 Å². The highest BCUT2D eigenvalue weighted by atomic mass is 16.4. The van der Waals surface area contributed by atoms with Gasteiger partial charge < -0.3 is 5.11 Å². The lowest BCUT2D eigenvalue weighted by Gasteiger charge is -2.43. The summed E-state index contributed by atoms with van der Waals surface area (Å²) in [7, 11) is 0. The monoisotopic (exact) mass is 267 g/mol. The number of rotatable bonds is 2. The van der Waals surface area contributed by atoms with Crippen molar-refractivity contribution >= 4 is 5.97 Å². The number of carbonyl (C=O) groups is 1. The highest BCUT2D eigenvalue weighted by molar-refractivity contribution is 5.78. The van der Waals surface area contributed by atoms with Crippen LogP contribution in [0.1, 0.15) is 66.2 Å². The largest absolute Gasteiger partial charge is 0.480 e. The van der Waals surface area contributed by atoms with Gasteiger partial charge in [0.25, 0.3) is 0 Å². The Morgan fingerprint density at radius 2 is 1.79 bits per heavy atom. The molecule has 0 bridgehead atoms. The topological polar surface area (TPSA) is 40.5 Å². The Morgan fingerprint density at radius 1 is 1.21 bits per heavy atom. The van der Waals surface area contributed by atoms with E-state index >= 15 is 0 Å². The van der Waals surface area contributed by atoms with Crippen molar-refractivity contribution in [3.8, 4) is 0 Å². The van der Waals surface area contributed by atoms with E-state index in [1.165, 1.54) is 25.7 Å². The van der Waals surface area contributed by atoms with Crippen LogP contribution in [-0.4, -0.2) is 34.1 Å². The van der Waals surface area contributed by atoms with Crippen molar-refractivity contribution in [2.45, 2.75) is 77.8 Å². The number of aliphatic carboxylic acids is 1. The number of likely N-dealkylation sites (tertiary alicyclic amines) is 1. The summed E-state index contributed by atoms with van der Waals surface area (Å²) in [6.07, 6.45) is 6.68. The fraction of sp³-hybridized carbons (Fsp3) is 0.938. The Kier molecular flexibility index (Phi) is 3.97. The van der Waals surface area contributed by atoms with Gasteiger partial charge in [0.2, 0.25) is 0 Å². The van der Waals surface area contributed by atoms with Gasteiger partial charge in [0.1, 0.15) is 5.54 Å². The van der Waals surface area contributed by atoms with E-state index in [0.717, 1.165) is 25.3 Å². The van der Waals surface area contributed by atoms with Gasteiger partial charge in [-0.3, -0.25) is 9.69 Å². The van der Waals surface area contributed by atoms with Gasteiger partial charge in [0.05, 0.1) is 0 Å². The third-order valence-electron chi connectivity index (χ3n) is 5.52. The molecule has 1 aliphatic carbocycles. The maximum atomic E-state index is 11.6. The third kappa shape index (κ3) is 2.81. The molecule has 2 rings (SSSR count). The molecule has 2 fully saturated rings. The second-order valence-electron chi connectivity index (χ2n) is 7.75. The lowest BCUT2D eigenvalue weighted by molar-refractivity contribution is -0.150. The van der Waals surface area contributed by atoms with Crippen molar-refractivity contribution in [3.05, 3.63) is 0 Å². The minimum Gasteiger partial charge on any atom is -0.480 e. The van der Waals surface area contributed by atoms with Crippen LogP contribution in [-0.2, 0) is 4.79 Å². The molecule has 0 spiro atoms. The van der Waals surface area contributed by atoms with E-state index in [-0.39, 0.29) is 0 Å². The van der Waals surface area contributed by atoms with Crippen molar-refractivity contribution in [3.63, 3.8) is 0 Å². The molecule has 0 radical (unpaired) electrons. The molecule has 0 aromatic carbocycles. The van der Waals surface area contributed by atoms with Crippen LogP contribution in [0.25, 0.3) is 0 Å². The molecule has 3 heteroatoms. The number of hydrogen-bond donors (Lipinski definition) is 1. The highest BCUT2D eigenvalue weighted by Crippen LogP contribution is 2.42. The van der Waals surface area contributed by atoms with Crippen molar-refractivity contribution in [1.82, 2.24) is 4.90 Å². The van der Waals surface area contributed by atoms with Crippen LogP contribution >= 0.6 is 0 Å². The summed E-state index contributed by atoms with van der Waals surface area (Å²) in [6.45, 7) is 9.87. The van der Waals surface area contributed by atoms with E-state index in [9.17, 15) is 9.90 Å². The summed E-state index contributed by atoms with van der Waals surface area (Å²) in [5.41, 5.74) is -0.217. The van der Waals surface area contributed by atoms with Crippen LogP contribution < -0.4 is 0 Å². The van der Waals surface area contributed by atoms with Crippen molar-refractivity contribution in [1.29, 1.82) is 0 Å². The predicted molar refractivity (Wildman–Crippen MR) is 77.2 cm³/mol. The minimum atomic E-state index is -0.636. The molecule has 110 valence electrons. The van der Waals surface area contributed by atoms with Gasteiger partial charge >= 0.3 is 5.97 Å². The van der Waals surface area contributed by atoms with Crippen LogP contribution in [0.5, 0.6) is 0 Å². The van der Waals surface area contributed by atoms with Gasteiger partial charge in [0, 0.05) is 6.04 Å². The van der Waals surface area contributed by atoms with Gasteiger partial charge in [-0.25, -0.2) is 0 Å². The number of nitrogens with zero attached hydrogens (tertiary/aromatic N) is 1. The van der Waals surface area contributed by atoms with Crippen molar-refractivity contribution < 1.29 is 9.90 Å². The summed E-state index contributed by atoms with van der Waals surface area (Å²) < 4.78 is 0. The molecule has 19 heavy (non-hydrogen) atoms. The van der Waals surface area contributed by atoms with E-state index in [2.05, 4.69) is 25.7 Å². The van der Waals surface area contributed by atoms with E-state index in [4.69, 9.17) is 0 Å². The fourth-order valence-corrected chi connectivity index (χ4v) is 4.05. The van der Waals surface area contributed by atoms with Crippen LogP contribution in [0.4, 0.5) is 0 Å². The average Bonchev–Trinajstić information content (AvgIpc) is 2.72. The standard InChI is InChI=1S/C16H29NO2/c1-15(2,3)12-6-8-13(9-7-12)17-11-5-10-16(17,4)14(18)19/h12-13H,5-11H2,1-4H3,(H,18,19). The number of hydrogen-bond acceptors (Lipinski definition) is 2. The molecule has 1 saturated heterocycles. The normalized spacial score (nSPS) is 37.5. The predicted octanol–water partition coefficient (Wildman–Crippen LogP) is 3.53. The van der Waals surface area contributed by atoms with Crippen molar-refractivity contribution in [2.75, 3.05) is 6.54 Å².